The first-order chi connectivity index (χ1) is 5.68. The third kappa shape index (κ3) is 22.4. The monoisotopic (exact) mass is 190 g/mol. The Morgan fingerprint density at radius 3 is 1.50 bits per heavy atom. The molecule has 0 aromatic rings. The lowest BCUT2D eigenvalue weighted by molar-refractivity contribution is 0.656. The second-order valence-electron chi connectivity index (χ2n) is 3.12. The van der Waals surface area contributed by atoms with E-state index in [1.54, 1.807) is 4.81 Å². The number of halogens is 1. The van der Waals surface area contributed by atoms with Crippen molar-refractivity contribution in [2.75, 3.05) is 14.1 Å². The lowest BCUT2D eigenvalue weighted by atomic mass is 10.2. The molecule has 0 aromatic carbocycles. The predicted octanol–water partition coefficient (Wildman–Crippen LogP) is 3.30. The van der Waals surface area contributed by atoms with Crippen LogP contribution in [-0.2, 0) is 0 Å². The Labute approximate surface area is 83.7 Å². The summed E-state index contributed by atoms with van der Waals surface area (Å²) in [5, 5.41) is 0. The van der Waals surface area contributed by atoms with Gasteiger partial charge in [0, 0.05) is 0 Å². The normalized spacial score (nSPS) is 9.17. The molecule has 0 aliphatic carbocycles. The summed E-state index contributed by atoms with van der Waals surface area (Å²) >= 11 is 5.14. The minimum absolute atomic E-state index is 1.36. The molecular formula is C9H22BClN. The fourth-order valence-electron chi connectivity index (χ4n) is 0.677. The molecule has 12 heavy (non-hydrogen) atoms. The number of hydrogen-bond donors (Lipinski definition) is 0. The van der Waals surface area contributed by atoms with Gasteiger partial charge in [-0.1, -0.05) is 46.0 Å². The maximum Gasteiger partial charge on any atom is 0.334 e. The standard InChI is InChI=1S/C7H16.C2H6BClN/c1-3-5-7-6-4-2;1-5(2)3-4/h3-7H2,1-2H3;1-2H3. The smallest absolute Gasteiger partial charge is 0.334 e. The SMILES string of the molecule is CCCCCCC.CN(C)[B]Cl. The first-order valence-electron chi connectivity index (χ1n) is 4.79. The van der Waals surface area contributed by atoms with Crippen LogP contribution in [0.1, 0.15) is 46.0 Å². The van der Waals surface area contributed by atoms with Gasteiger partial charge in [0.1, 0.15) is 0 Å². The quantitative estimate of drug-likeness (QED) is 0.475. The third-order valence-electron chi connectivity index (χ3n) is 1.40. The lowest BCUT2D eigenvalue weighted by Crippen LogP contribution is -2.10. The highest BCUT2D eigenvalue weighted by Crippen LogP contribution is 2.00. The topological polar surface area (TPSA) is 3.24 Å². The van der Waals surface area contributed by atoms with Crippen LogP contribution in [0, 0.1) is 0 Å². The highest BCUT2D eigenvalue weighted by molar-refractivity contribution is 6.91. The average molecular weight is 191 g/mol. The molecule has 0 atom stereocenters. The molecule has 0 N–H and O–H groups in total. The molecule has 0 bridgehead atoms. The number of rotatable bonds is 5. The first-order valence-corrected chi connectivity index (χ1v) is 5.22. The molecule has 0 amide bonds. The highest BCUT2D eigenvalue weighted by Gasteiger charge is 1.81. The molecule has 0 unspecified atom stereocenters. The molecule has 0 aliphatic rings. The van der Waals surface area contributed by atoms with Crippen molar-refractivity contribution >= 4 is 18.3 Å². The van der Waals surface area contributed by atoms with Gasteiger partial charge in [-0.15, -0.1) is 0 Å². The Morgan fingerprint density at radius 1 is 1.00 bits per heavy atom. The van der Waals surface area contributed by atoms with Crippen molar-refractivity contribution in [2.45, 2.75) is 46.0 Å². The largest absolute Gasteiger partial charge is 0.338 e. The van der Waals surface area contributed by atoms with Crippen LogP contribution in [0.15, 0.2) is 0 Å². The minimum Gasteiger partial charge on any atom is -0.338 e. The van der Waals surface area contributed by atoms with Crippen LogP contribution >= 0.6 is 11.5 Å². The van der Waals surface area contributed by atoms with E-state index in [9.17, 15) is 0 Å². The zero-order valence-electron chi connectivity index (χ0n) is 8.94. The highest BCUT2D eigenvalue weighted by atomic mass is 35.5. The molecule has 0 fully saturated rings. The first kappa shape index (κ1) is 14.8. The van der Waals surface area contributed by atoms with E-state index in [0.717, 1.165) is 0 Å². The van der Waals surface area contributed by atoms with Gasteiger partial charge in [-0.25, -0.2) is 0 Å². The zero-order chi connectivity index (χ0) is 9.82. The van der Waals surface area contributed by atoms with E-state index >= 15 is 0 Å². The molecular weight excluding hydrogens is 168 g/mol. The Hall–Kier alpha value is 0.315. The van der Waals surface area contributed by atoms with Gasteiger partial charge in [-0.05, 0) is 14.1 Å². The van der Waals surface area contributed by atoms with Crippen LogP contribution in [0.3, 0.4) is 0 Å². The molecule has 0 saturated carbocycles. The maximum absolute atomic E-state index is 5.14. The summed E-state index contributed by atoms with van der Waals surface area (Å²) in [5.74, 6) is 0. The molecule has 1 radical (unpaired) electrons. The maximum atomic E-state index is 5.14. The molecule has 73 valence electrons. The summed E-state index contributed by atoms with van der Waals surface area (Å²) < 4.78 is 0. The van der Waals surface area contributed by atoms with E-state index in [1.165, 1.54) is 38.9 Å². The van der Waals surface area contributed by atoms with E-state index in [2.05, 4.69) is 13.8 Å². The summed E-state index contributed by atoms with van der Waals surface area (Å²) in [7, 11) is 3.74. The van der Waals surface area contributed by atoms with Gasteiger partial charge in [-0.3, -0.25) is 0 Å². The van der Waals surface area contributed by atoms with Crippen molar-refractivity contribution in [3.05, 3.63) is 0 Å². The van der Waals surface area contributed by atoms with Crippen LogP contribution in [0.2, 0.25) is 0 Å². The molecule has 0 rings (SSSR count). The minimum atomic E-state index is 1.36. The van der Waals surface area contributed by atoms with Crippen LogP contribution in [0.4, 0.5) is 0 Å². The van der Waals surface area contributed by atoms with Gasteiger partial charge >= 0.3 is 6.83 Å². The van der Waals surface area contributed by atoms with Crippen LogP contribution < -0.4 is 0 Å². The van der Waals surface area contributed by atoms with E-state index in [-0.39, 0.29) is 0 Å². The van der Waals surface area contributed by atoms with Crippen molar-refractivity contribution in [1.29, 1.82) is 0 Å². The Kier molecular flexibility index (Phi) is 17.1. The average Bonchev–Trinajstić information content (AvgIpc) is 2.07. The predicted molar refractivity (Wildman–Crippen MR) is 59.7 cm³/mol. The second-order valence-corrected chi connectivity index (χ2v) is 3.32. The summed E-state index contributed by atoms with van der Waals surface area (Å²) in [6.07, 6.45) is 7.01. The fourth-order valence-corrected chi connectivity index (χ4v) is 0.677. The number of nitrogens with zero attached hydrogens (tertiary/aromatic N) is 1. The second kappa shape index (κ2) is 13.9. The van der Waals surface area contributed by atoms with Crippen LogP contribution in [0.25, 0.3) is 0 Å². The van der Waals surface area contributed by atoms with Gasteiger partial charge in [0.2, 0.25) is 0 Å². The van der Waals surface area contributed by atoms with Crippen LogP contribution in [0.5, 0.6) is 0 Å². The third-order valence-corrected chi connectivity index (χ3v) is 1.79. The fraction of sp³-hybridized carbons (Fsp3) is 1.00. The Balaban J connectivity index is 0. The molecule has 1 nitrogen and oxygen atoms in total. The van der Waals surface area contributed by atoms with Crippen LogP contribution in [-0.4, -0.2) is 25.7 Å². The van der Waals surface area contributed by atoms with E-state index < -0.39 is 0 Å². The van der Waals surface area contributed by atoms with Crippen molar-refractivity contribution in [3.8, 4) is 0 Å². The molecule has 0 heterocycles. The van der Waals surface area contributed by atoms with E-state index in [0.29, 0.717) is 0 Å². The molecule has 3 heteroatoms. The molecule has 0 saturated heterocycles. The summed E-state index contributed by atoms with van der Waals surface area (Å²) in [4.78, 5) is 1.77. The number of hydrogen-bond acceptors (Lipinski definition) is 1. The van der Waals surface area contributed by atoms with Crippen molar-refractivity contribution < 1.29 is 0 Å². The van der Waals surface area contributed by atoms with Crippen molar-refractivity contribution in [2.24, 2.45) is 0 Å². The number of unbranched alkanes of at least 4 members (excludes halogenated alkanes) is 4. The van der Waals surface area contributed by atoms with E-state index in [1.807, 2.05) is 14.1 Å². The van der Waals surface area contributed by atoms with Gasteiger partial charge in [0.15, 0.2) is 0 Å². The Bertz CT molecular complexity index is 65.5. The molecule has 0 aliphatic heterocycles. The van der Waals surface area contributed by atoms with Crippen molar-refractivity contribution in [3.63, 3.8) is 0 Å². The summed E-state index contributed by atoms with van der Waals surface area (Å²) in [6, 6.07) is 0. The van der Waals surface area contributed by atoms with E-state index in [4.69, 9.17) is 11.5 Å². The molecule has 0 spiro atoms. The van der Waals surface area contributed by atoms with Gasteiger partial charge in [0.25, 0.3) is 0 Å². The Morgan fingerprint density at radius 2 is 1.33 bits per heavy atom. The summed E-state index contributed by atoms with van der Waals surface area (Å²) in [5.41, 5.74) is 0. The van der Waals surface area contributed by atoms with Crippen molar-refractivity contribution in [1.82, 2.24) is 4.81 Å². The summed E-state index contributed by atoms with van der Waals surface area (Å²) in [6.45, 7) is 5.96. The van der Waals surface area contributed by atoms with Gasteiger partial charge in [-0.2, -0.15) is 11.5 Å². The van der Waals surface area contributed by atoms with Gasteiger partial charge < -0.3 is 4.81 Å². The zero-order valence-corrected chi connectivity index (χ0v) is 9.69. The molecule has 0 aromatic heterocycles. The lowest BCUT2D eigenvalue weighted by Gasteiger charge is -1.95. The van der Waals surface area contributed by atoms with Gasteiger partial charge in [0.05, 0.1) is 0 Å².